The van der Waals surface area contributed by atoms with Crippen LogP contribution in [0.5, 0.6) is 0 Å². The van der Waals surface area contributed by atoms with Gasteiger partial charge < -0.3 is 21.1 Å². The number of nitrogens with one attached hydrogen (secondary N) is 2. The fourth-order valence-corrected chi connectivity index (χ4v) is 5.29. The van der Waals surface area contributed by atoms with Gasteiger partial charge in [-0.1, -0.05) is 11.6 Å². The molecule has 1 atom stereocenters. The molecule has 2 aliphatic rings. The molecule has 192 valence electrons. The minimum absolute atomic E-state index is 0.0369. The first-order valence-electron chi connectivity index (χ1n) is 12.2. The summed E-state index contributed by atoms with van der Waals surface area (Å²) in [5.74, 6) is -1.04. The number of hydrogen-bond donors (Lipinski definition) is 3. The summed E-state index contributed by atoms with van der Waals surface area (Å²) in [6, 6.07) is 2.15. The molecule has 0 unspecified atom stereocenters. The minimum Gasteiger partial charge on any atom is -0.379 e. The number of nitrogens with zero attached hydrogens (tertiary/aromatic N) is 4. The van der Waals surface area contributed by atoms with Crippen LogP contribution in [-0.2, 0) is 9.53 Å². The van der Waals surface area contributed by atoms with Gasteiger partial charge in [0.25, 0.3) is 0 Å². The lowest BCUT2D eigenvalue weighted by molar-refractivity contribution is -0.119. The Morgan fingerprint density at radius 1 is 1.17 bits per heavy atom. The topological polar surface area (TPSA) is 120 Å². The second-order valence-electron chi connectivity index (χ2n) is 9.48. The Bertz CT molecular complexity index is 1230. The summed E-state index contributed by atoms with van der Waals surface area (Å²) in [6.07, 6.45) is 6.94. The van der Waals surface area contributed by atoms with Crippen LogP contribution in [-0.4, -0.2) is 44.7 Å². The number of ether oxygens (including phenoxy) is 1. The normalized spacial score (nSPS) is 22.5. The third-order valence-corrected chi connectivity index (χ3v) is 7.06. The number of imidazole rings is 1. The van der Waals surface area contributed by atoms with E-state index in [1.165, 1.54) is 0 Å². The van der Waals surface area contributed by atoms with E-state index in [-0.39, 0.29) is 40.6 Å². The van der Waals surface area contributed by atoms with Gasteiger partial charge in [0.05, 0.1) is 18.8 Å². The van der Waals surface area contributed by atoms with Crippen molar-refractivity contribution in [2.45, 2.75) is 57.0 Å². The lowest BCUT2D eigenvalue weighted by Crippen LogP contribution is -2.30. The summed E-state index contributed by atoms with van der Waals surface area (Å²) < 4.78 is 36.6. The van der Waals surface area contributed by atoms with Crippen molar-refractivity contribution in [1.82, 2.24) is 19.5 Å². The smallest absolute Gasteiger partial charge is 0.225 e. The largest absolute Gasteiger partial charge is 0.379 e. The Kier molecular flexibility index (Phi) is 7.20. The average molecular weight is 520 g/mol. The van der Waals surface area contributed by atoms with Gasteiger partial charge in [-0.15, -0.1) is 0 Å². The zero-order valence-corrected chi connectivity index (χ0v) is 20.4. The molecule has 1 saturated carbocycles. The van der Waals surface area contributed by atoms with Crippen molar-refractivity contribution < 1.29 is 18.3 Å². The SMILES string of the molecule is NC(=O)C[C@H]1CC[C@@H](n2c(Nc3c(F)cc(Cl)cc3F)nc3cnc(N[C@H]4CCCOC4)nc32)CC1. The van der Waals surface area contributed by atoms with Crippen LogP contribution in [0, 0.1) is 17.6 Å². The number of nitrogens with two attached hydrogens (primary N) is 1. The lowest BCUT2D eigenvalue weighted by atomic mass is 9.84. The van der Waals surface area contributed by atoms with E-state index in [4.69, 9.17) is 27.1 Å². The van der Waals surface area contributed by atoms with Crippen molar-refractivity contribution in [3.8, 4) is 0 Å². The molecule has 1 amide bonds. The maximum atomic E-state index is 14.6. The molecule has 0 radical (unpaired) electrons. The van der Waals surface area contributed by atoms with E-state index in [1.807, 2.05) is 4.57 Å². The first-order valence-corrected chi connectivity index (χ1v) is 12.5. The van der Waals surface area contributed by atoms with Gasteiger partial charge in [-0.2, -0.15) is 4.98 Å². The van der Waals surface area contributed by atoms with Crippen LogP contribution in [0.2, 0.25) is 5.02 Å². The number of carbonyl (C=O) groups excluding carboxylic acids is 1. The van der Waals surface area contributed by atoms with E-state index < -0.39 is 11.6 Å². The number of halogens is 3. The van der Waals surface area contributed by atoms with Crippen LogP contribution in [0.3, 0.4) is 0 Å². The van der Waals surface area contributed by atoms with Crippen molar-refractivity contribution in [2.24, 2.45) is 11.7 Å². The van der Waals surface area contributed by atoms with Crippen molar-refractivity contribution in [3.05, 3.63) is 35.0 Å². The first kappa shape index (κ1) is 24.6. The standard InChI is InChI=1S/C24H28ClF2N7O2/c25-14-9-17(26)21(18(27)10-14)32-24-31-19-11-29-23(30-15-2-1-7-36-12-15)33-22(19)34(24)16-5-3-13(4-6-16)8-20(28)35/h9-11,13,15-16H,1-8,12H2,(H2,28,35)(H,31,32)(H,29,30,33)/t13-,15-,16+/m0/s1. The molecule has 9 nitrogen and oxygen atoms in total. The molecule has 3 aromatic rings. The number of hydrogen-bond acceptors (Lipinski definition) is 7. The quantitative estimate of drug-likeness (QED) is 0.414. The number of amides is 1. The molecule has 36 heavy (non-hydrogen) atoms. The van der Waals surface area contributed by atoms with Gasteiger partial charge in [0.15, 0.2) is 17.3 Å². The van der Waals surface area contributed by atoms with E-state index in [2.05, 4.69) is 20.6 Å². The highest BCUT2D eigenvalue weighted by Gasteiger charge is 2.28. The molecule has 12 heteroatoms. The number of aromatic nitrogens is 4. The van der Waals surface area contributed by atoms with E-state index in [9.17, 15) is 13.6 Å². The molecular formula is C24H28ClF2N7O2. The highest BCUT2D eigenvalue weighted by molar-refractivity contribution is 6.30. The molecule has 2 aromatic heterocycles. The maximum absolute atomic E-state index is 14.6. The summed E-state index contributed by atoms with van der Waals surface area (Å²) in [7, 11) is 0. The Labute approximate surface area is 211 Å². The van der Waals surface area contributed by atoms with Gasteiger partial charge >= 0.3 is 0 Å². The molecule has 1 aromatic carbocycles. The molecule has 0 spiro atoms. The number of benzene rings is 1. The second-order valence-corrected chi connectivity index (χ2v) is 9.92. The number of fused-ring (bicyclic) bond motifs is 1. The third kappa shape index (κ3) is 5.36. The Balaban J connectivity index is 1.50. The Morgan fingerprint density at radius 2 is 1.92 bits per heavy atom. The number of carbonyl (C=O) groups is 1. The first-order chi connectivity index (χ1) is 17.4. The number of rotatable bonds is 7. The highest BCUT2D eigenvalue weighted by atomic mass is 35.5. The zero-order valence-electron chi connectivity index (χ0n) is 19.6. The molecule has 5 rings (SSSR count). The predicted octanol–water partition coefficient (Wildman–Crippen LogP) is 4.70. The molecule has 1 aliphatic heterocycles. The summed E-state index contributed by atoms with van der Waals surface area (Å²) >= 11 is 5.79. The molecule has 2 fully saturated rings. The number of anilines is 3. The Hall–Kier alpha value is -3.05. The predicted molar refractivity (Wildman–Crippen MR) is 132 cm³/mol. The van der Waals surface area contributed by atoms with E-state index in [0.29, 0.717) is 30.1 Å². The van der Waals surface area contributed by atoms with Gasteiger partial charge in [-0.25, -0.2) is 18.7 Å². The van der Waals surface area contributed by atoms with Crippen LogP contribution >= 0.6 is 11.6 Å². The van der Waals surface area contributed by atoms with Gasteiger partial charge in [-0.05, 0) is 56.6 Å². The Morgan fingerprint density at radius 3 is 2.58 bits per heavy atom. The zero-order chi connectivity index (χ0) is 25.2. The maximum Gasteiger partial charge on any atom is 0.225 e. The monoisotopic (exact) mass is 519 g/mol. The number of primary amides is 1. The van der Waals surface area contributed by atoms with Crippen molar-refractivity contribution in [1.29, 1.82) is 0 Å². The third-order valence-electron chi connectivity index (χ3n) is 6.84. The van der Waals surface area contributed by atoms with E-state index in [0.717, 1.165) is 57.3 Å². The van der Waals surface area contributed by atoms with Crippen molar-refractivity contribution >= 4 is 46.3 Å². The molecule has 3 heterocycles. The second kappa shape index (κ2) is 10.5. The van der Waals surface area contributed by atoms with E-state index >= 15 is 0 Å². The molecule has 0 bridgehead atoms. The molecular weight excluding hydrogens is 492 g/mol. The minimum atomic E-state index is -0.825. The summed E-state index contributed by atoms with van der Waals surface area (Å²) in [4.78, 5) is 25.1. The van der Waals surface area contributed by atoms with Gasteiger partial charge in [-0.3, -0.25) is 9.36 Å². The molecule has 4 N–H and O–H groups in total. The van der Waals surface area contributed by atoms with Crippen LogP contribution < -0.4 is 16.4 Å². The van der Waals surface area contributed by atoms with Gasteiger partial charge in [0, 0.05) is 24.1 Å². The molecule has 1 saturated heterocycles. The summed E-state index contributed by atoms with van der Waals surface area (Å²) in [6.45, 7) is 1.32. The summed E-state index contributed by atoms with van der Waals surface area (Å²) in [5.41, 5.74) is 6.10. The van der Waals surface area contributed by atoms with Gasteiger partial charge in [0.1, 0.15) is 11.2 Å². The van der Waals surface area contributed by atoms with Crippen LogP contribution in [0.25, 0.3) is 11.2 Å². The van der Waals surface area contributed by atoms with Crippen LogP contribution in [0.15, 0.2) is 18.3 Å². The van der Waals surface area contributed by atoms with E-state index in [1.54, 1.807) is 6.20 Å². The molecule has 1 aliphatic carbocycles. The summed E-state index contributed by atoms with van der Waals surface area (Å²) in [5, 5.41) is 6.11. The fraction of sp³-hybridized carbons (Fsp3) is 0.500. The van der Waals surface area contributed by atoms with Crippen LogP contribution in [0.4, 0.5) is 26.4 Å². The average Bonchev–Trinajstić information content (AvgIpc) is 3.19. The van der Waals surface area contributed by atoms with Crippen molar-refractivity contribution in [3.63, 3.8) is 0 Å². The highest BCUT2D eigenvalue weighted by Crippen LogP contribution is 2.38. The fourth-order valence-electron chi connectivity index (χ4n) is 5.10. The lowest BCUT2D eigenvalue weighted by Gasteiger charge is -2.30. The van der Waals surface area contributed by atoms with Crippen molar-refractivity contribution in [2.75, 3.05) is 23.8 Å². The van der Waals surface area contributed by atoms with Gasteiger partial charge in [0.2, 0.25) is 17.8 Å². The van der Waals surface area contributed by atoms with Crippen LogP contribution in [0.1, 0.15) is 51.0 Å².